The molecule has 20 heavy (non-hydrogen) atoms. The molecule has 0 amide bonds. The lowest BCUT2D eigenvalue weighted by atomic mass is 10.3. The number of rotatable bonds is 2. The SMILES string of the molecule is Cc1ccc2c(n1)OCCN2S(=O)(=O)c1ccnn1C. The van der Waals surface area contributed by atoms with E-state index < -0.39 is 10.0 Å². The molecule has 0 unspecified atom stereocenters. The van der Waals surface area contributed by atoms with Crippen molar-refractivity contribution in [3.63, 3.8) is 0 Å². The molecule has 0 aromatic carbocycles. The van der Waals surface area contributed by atoms with E-state index in [0.29, 0.717) is 11.6 Å². The third-order valence-corrected chi connectivity index (χ3v) is 5.00. The number of hydrogen-bond donors (Lipinski definition) is 0. The lowest BCUT2D eigenvalue weighted by molar-refractivity contribution is 0.302. The largest absolute Gasteiger partial charge is 0.474 e. The molecule has 0 radical (unpaired) electrons. The van der Waals surface area contributed by atoms with Gasteiger partial charge in [0, 0.05) is 12.7 Å². The highest BCUT2D eigenvalue weighted by molar-refractivity contribution is 7.92. The Kier molecular flexibility index (Phi) is 2.89. The Bertz CT molecular complexity index is 754. The Hall–Kier alpha value is -2.09. The van der Waals surface area contributed by atoms with Gasteiger partial charge in [0.05, 0.1) is 12.7 Å². The highest BCUT2D eigenvalue weighted by atomic mass is 32.2. The summed E-state index contributed by atoms with van der Waals surface area (Å²) < 4.78 is 33.5. The van der Waals surface area contributed by atoms with E-state index in [2.05, 4.69) is 10.1 Å². The number of anilines is 1. The van der Waals surface area contributed by atoms with Crippen LogP contribution in [-0.4, -0.2) is 36.3 Å². The predicted molar refractivity (Wildman–Crippen MR) is 72.2 cm³/mol. The van der Waals surface area contributed by atoms with E-state index in [4.69, 9.17) is 4.74 Å². The number of sulfonamides is 1. The first kappa shape index (κ1) is 12.9. The molecule has 0 saturated heterocycles. The Balaban J connectivity index is 2.11. The van der Waals surface area contributed by atoms with Gasteiger partial charge in [-0.3, -0.25) is 8.99 Å². The van der Waals surface area contributed by atoms with Crippen molar-refractivity contribution >= 4 is 15.7 Å². The summed E-state index contributed by atoms with van der Waals surface area (Å²) in [5.41, 5.74) is 1.24. The van der Waals surface area contributed by atoms with Crippen molar-refractivity contribution in [2.24, 2.45) is 7.05 Å². The van der Waals surface area contributed by atoms with Crippen LogP contribution in [0.15, 0.2) is 29.4 Å². The number of fused-ring (bicyclic) bond motifs is 1. The van der Waals surface area contributed by atoms with Crippen LogP contribution in [0.5, 0.6) is 5.88 Å². The molecular weight excluding hydrogens is 280 g/mol. The topological polar surface area (TPSA) is 77.3 Å². The molecule has 1 aliphatic rings. The van der Waals surface area contributed by atoms with E-state index in [1.54, 1.807) is 19.2 Å². The third kappa shape index (κ3) is 1.92. The fourth-order valence-corrected chi connectivity index (χ4v) is 3.70. The van der Waals surface area contributed by atoms with Crippen molar-refractivity contribution in [1.82, 2.24) is 14.8 Å². The second kappa shape index (κ2) is 4.48. The highest BCUT2D eigenvalue weighted by Gasteiger charge is 2.32. The molecule has 0 aliphatic carbocycles. The zero-order valence-electron chi connectivity index (χ0n) is 11.1. The van der Waals surface area contributed by atoms with E-state index in [0.717, 1.165) is 5.69 Å². The van der Waals surface area contributed by atoms with Crippen molar-refractivity contribution < 1.29 is 13.2 Å². The number of pyridine rings is 1. The van der Waals surface area contributed by atoms with Crippen LogP contribution >= 0.6 is 0 Å². The summed E-state index contributed by atoms with van der Waals surface area (Å²) in [5.74, 6) is 0.349. The fourth-order valence-electron chi connectivity index (χ4n) is 2.14. The van der Waals surface area contributed by atoms with Crippen molar-refractivity contribution in [3.8, 4) is 5.88 Å². The van der Waals surface area contributed by atoms with E-state index in [-0.39, 0.29) is 18.2 Å². The third-order valence-electron chi connectivity index (χ3n) is 3.11. The van der Waals surface area contributed by atoms with Crippen molar-refractivity contribution in [2.45, 2.75) is 11.9 Å². The van der Waals surface area contributed by atoms with Crippen LogP contribution in [0.3, 0.4) is 0 Å². The second-order valence-electron chi connectivity index (χ2n) is 4.50. The summed E-state index contributed by atoms with van der Waals surface area (Å²) in [6, 6.07) is 4.95. The maximum absolute atomic E-state index is 12.7. The number of ether oxygens (including phenoxy) is 1. The van der Waals surface area contributed by atoms with Crippen molar-refractivity contribution in [3.05, 3.63) is 30.1 Å². The second-order valence-corrected chi connectivity index (χ2v) is 6.30. The average molecular weight is 294 g/mol. The van der Waals surface area contributed by atoms with Gasteiger partial charge in [-0.1, -0.05) is 0 Å². The molecule has 106 valence electrons. The molecule has 7 nitrogen and oxygen atoms in total. The summed E-state index contributed by atoms with van der Waals surface area (Å²) in [7, 11) is -2.06. The lowest BCUT2D eigenvalue weighted by Crippen LogP contribution is -2.39. The minimum atomic E-state index is -3.66. The molecule has 8 heteroatoms. The molecule has 0 bridgehead atoms. The van der Waals surface area contributed by atoms with E-state index in [1.807, 2.05) is 6.92 Å². The van der Waals surface area contributed by atoms with Gasteiger partial charge in [0.2, 0.25) is 5.88 Å². The van der Waals surface area contributed by atoms with Crippen molar-refractivity contribution in [2.75, 3.05) is 17.5 Å². The summed E-state index contributed by atoms with van der Waals surface area (Å²) >= 11 is 0. The molecule has 2 aromatic heterocycles. The van der Waals surface area contributed by atoms with Gasteiger partial charge >= 0.3 is 0 Å². The summed E-state index contributed by atoms with van der Waals surface area (Å²) in [6.07, 6.45) is 1.46. The highest BCUT2D eigenvalue weighted by Crippen LogP contribution is 2.33. The molecule has 0 spiro atoms. The van der Waals surface area contributed by atoms with E-state index >= 15 is 0 Å². The molecule has 0 N–H and O–H groups in total. The predicted octanol–water partition coefficient (Wildman–Crippen LogP) is 0.711. The Morgan fingerprint density at radius 3 is 2.80 bits per heavy atom. The molecule has 1 aliphatic heterocycles. The summed E-state index contributed by atoms with van der Waals surface area (Å²) in [5, 5.41) is 4.06. The normalized spacial score (nSPS) is 14.8. The maximum Gasteiger partial charge on any atom is 0.281 e. The monoisotopic (exact) mass is 294 g/mol. The molecule has 2 aromatic rings. The first-order chi connectivity index (χ1) is 9.50. The summed E-state index contributed by atoms with van der Waals surface area (Å²) in [6.45, 7) is 2.37. The van der Waals surface area contributed by atoms with Gasteiger partial charge in [-0.25, -0.2) is 4.98 Å². The summed E-state index contributed by atoms with van der Waals surface area (Å²) in [4.78, 5) is 4.23. The Labute approximate surface area is 116 Å². The smallest absolute Gasteiger partial charge is 0.281 e. The Morgan fingerprint density at radius 2 is 2.10 bits per heavy atom. The van der Waals surface area contributed by atoms with Gasteiger partial charge in [0.25, 0.3) is 10.0 Å². The van der Waals surface area contributed by atoms with Crippen LogP contribution < -0.4 is 9.04 Å². The van der Waals surface area contributed by atoms with Gasteiger partial charge in [-0.2, -0.15) is 13.5 Å². The lowest BCUT2D eigenvalue weighted by Gasteiger charge is -2.29. The quantitative estimate of drug-likeness (QED) is 0.815. The van der Waals surface area contributed by atoms with E-state index in [9.17, 15) is 8.42 Å². The van der Waals surface area contributed by atoms with Crippen LogP contribution in [0.4, 0.5) is 5.69 Å². The number of aromatic nitrogens is 3. The van der Waals surface area contributed by atoms with Crippen LogP contribution in [0.1, 0.15) is 5.69 Å². The van der Waals surface area contributed by atoms with Gasteiger partial charge in [-0.05, 0) is 25.1 Å². The number of aryl methyl sites for hydroxylation is 2. The first-order valence-electron chi connectivity index (χ1n) is 6.11. The van der Waals surface area contributed by atoms with E-state index in [1.165, 1.54) is 21.3 Å². The number of nitrogens with zero attached hydrogens (tertiary/aromatic N) is 4. The van der Waals surface area contributed by atoms with Crippen LogP contribution in [-0.2, 0) is 17.1 Å². The van der Waals surface area contributed by atoms with Gasteiger partial charge in [-0.15, -0.1) is 0 Å². The van der Waals surface area contributed by atoms with Gasteiger partial charge < -0.3 is 4.74 Å². The van der Waals surface area contributed by atoms with Gasteiger partial charge in [0.15, 0.2) is 5.03 Å². The first-order valence-corrected chi connectivity index (χ1v) is 7.55. The average Bonchev–Trinajstić information content (AvgIpc) is 2.84. The molecule has 3 rings (SSSR count). The zero-order valence-corrected chi connectivity index (χ0v) is 12.0. The molecule has 0 fully saturated rings. The minimum Gasteiger partial charge on any atom is -0.474 e. The molecule has 0 atom stereocenters. The minimum absolute atomic E-state index is 0.144. The molecule has 3 heterocycles. The van der Waals surface area contributed by atoms with Crippen LogP contribution in [0.2, 0.25) is 0 Å². The zero-order chi connectivity index (χ0) is 14.3. The van der Waals surface area contributed by atoms with Crippen molar-refractivity contribution in [1.29, 1.82) is 0 Å². The van der Waals surface area contributed by atoms with Gasteiger partial charge in [0.1, 0.15) is 12.3 Å². The maximum atomic E-state index is 12.7. The standard InChI is InChI=1S/C12H14N4O3S/c1-9-3-4-10-12(14-9)19-8-7-16(10)20(17,18)11-5-6-13-15(11)2/h3-6H,7-8H2,1-2H3. The Morgan fingerprint density at radius 1 is 1.30 bits per heavy atom. The fraction of sp³-hybridized carbons (Fsp3) is 0.333. The number of hydrogen-bond acceptors (Lipinski definition) is 5. The molecule has 0 saturated carbocycles. The van der Waals surface area contributed by atoms with Crippen LogP contribution in [0, 0.1) is 6.92 Å². The molecular formula is C12H14N4O3S. The van der Waals surface area contributed by atoms with Crippen LogP contribution in [0.25, 0.3) is 0 Å².